The number of carbonyl (C=O) groups excluding carboxylic acids is 1. The van der Waals surface area contributed by atoms with Crippen molar-refractivity contribution in [1.29, 1.82) is 0 Å². The molecule has 0 bridgehead atoms. The molecule has 0 aliphatic carbocycles. The summed E-state index contributed by atoms with van der Waals surface area (Å²) in [6.45, 7) is 4.11. The third-order valence-corrected chi connectivity index (χ3v) is 6.52. The predicted octanol–water partition coefficient (Wildman–Crippen LogP) is 3.99. The number of Topliss-reactive ketones (excluding diaryl/α,β-unsaturated/α-hetero) is 1. The van der Waals surface area contributed by atoms with Crippen LogP contribution >= 0.6 is 11.3 Å². The number of anilines is 1. The van der Waals surface area contributed by atoms with Crippen molar-refractivity contribution >= 4 is 32.5 Å². The first-order valence-electron chi connectivity index (χ1n) is 10.6. The van der Waals surface area contributed by atoms with Crippen molar-refractivity contribution in [1.82, 2.24) is 14.8 Å². The van der Waals surface area contributed by atoms with Crippen LogP contribution in [0.3, 0.4) is 0 Å². The van der Waals surface area contributed by atoms with E-state index in [2.05, 4.69) is 15.0 Å². The first-order valence-corrected chi connectivity index (χ1v) is 11.4. The molecule has 0 N–H and O–H groups in total. The van der Waals surface area contributed by atoms with Gasteiger partial charge in [0.25, 0.3) is 5.56 Å². The van der Waals surface area contributed by atoms with Crippen LogP contribution in [0.5, 0.6) is 5.75 Å². The lowest BCUT2D eigenvalue weighted by atomic mass is 10.1. The average molecular weight is 451 g/mol. The number of hydrogen-bond donors (Lipinski definition) is 0. The highest BCUT2D eigenvalue weighted by Crippen LogP contribution is 2.35. The molecule has 4 heterocycles. The van der Waals surface area contributed by atoms with Gasteiger partial charge in [-0.05, 0) is 56.2 Å². The number of thiazole rings is 1. The molecule has 4 aromatic rings. The molecule has 164 valence electrons. The third-order valence-electron chi connectivity index (χ3n) is 5.40. The van der Waals surface area contributed by atoms with E-state index in [1.54, 1.807) is 42.7 Å². The lowest BCUT2D eigenvalue weighted by Gasteiger charge is -2.11. The van der Waals surface area contributed by atoms with Gasteiger partial charge in [-0.15, -0.1) is 0 Å². The molecule has 3 aromatic heterocycles. The van der Waals surface area contributed by atoms with Gasteiger partial charge in [0.05, 0.1) is 17.6 Å². The van der Waals surface area contributed by atoms with Crippen molar-refractivity contribution in [3.63, 3.8) is 0 Å². The minimum Gasteiger partial charge on any atom is -0.494 e. The molecular weight excluding hydrogens is 428 g/mol. The molecule has 5 rings (SSSR count). The Morgan fingerprint density at radius 1 is 1.19 bits per heavy atom. The molecule has 0 amide bonds. The van der Waals surface area contributed by atoms with Crippen LogP contribution < -0.4 is 15.2 Å². The molecule has 1 fully saturated rings. The fourth-order valence-electron chi connectivity index (χ4n) is 3.80. The number of nitrogens with zero attached hydrogens (tertiary/aromatic N) is 4. The van der Waals surface area contributed by atoms with E-state index in [9.17, 15) is 9.59 Å². The van der Waals surface area contributed by atoms with Gasteiger partial charge in [0.2, 0.25) is 0 Å². The van der Waals surface area contributed by atoms with Gasteiger partial charge in [-0.2, -0.15) is 5.10 Å². The number of rotatable bonds is 7. The van der Waals surface area contributed by atoms with Crippen LogP contribution in [-0.4, -0.2) is 40.2 Å². The summed E-state index contributed by atoms with van der Waals surface area (Å²) in [4.78, 5) is 32.9. The largest absolute Gasteiger partial charge is 0.494 e. The maximum absolute atomic E-state index is 13.2. The molecule has 32 heavy (non-hydrogen) atoms. The summed E-state index contributed by atoms with van der Waals surface area (Å²) < 4.78 is 12.9. The van der Waals surface area contributed by atoms with E-state index in [-0.39, 0.29) is 17.9 Å². The molecule has 1 aliphatic heterocycles. The Morgan fingerprint density at radius 2 is 1.97 bits per heavy atom. The molecule has 0 atom stereocenters. The summed E-state index contributed by atoms with van der Waals surface area (Å²) in [5.74, 6) is 1.01. The molecule has 0 unspecified atom stereocenters. The van der Waals surface area contributed by atoms with E-state index < -0.39 is 0 Å². The molecular formula is C23H22N4O4S. The monoisotopic (exact) mass is 450 g/mol. The molecule has 8 nitrogen and oxygen atoms in total. The number of benzene rings is 1. The molecule has 0 radical (unpaired) electrons. The van der Waals surface area contributed by atoms with Crippen molar-refractivity contribution in [3.8, 4) is 17.2 Å². The Labute approximate surface area is 188 Å². The smallest absolute Gasteiger partial charge is 0.294 e. The Kier molecular flexibility index (Phi) is 5.48. The van der Waals surface area contributed by atoms with Crippen LogP contribution in [0.4, 0.5) is 5.13 Å². The van der Waals surface area contributed by atoms with E-state index in [4.69, 9.17) is 9.15 Å². The van der Waals surface area contributed by atoms with Gasteiger partial charge in [0, 0.05) is 18.7 Å². The number of ether oxygens (including phenoxy) is 1. The quantitative estimate of drug-likeness (QED) is 0.393. The van der Waals surface area contributed by atoms with E-state index in [1.807, 2.05) is 6.92 Å². The van der Waals surface area contributed by atoms with Gasteiger partial charge in [0.15, 0.2) is 22.2 Å². The van der Waals surface area contributed by atoms with Gasteiger partial charge in [-0.3, -0.25) is 9.59 Å². The second-order valence-corrected chi connectivity index (χ2v) is 8.52. The fraction of sp³-hybridized carbons (Fsp3) is 0.304. The number of hydrogen-bond acceptors (Lipinski definition) is 8. The number of carbonyl (C=O) groups is 1. The maximum atomic E-state index is 13.2. The predicted molar refractivity (Wildman–Crippen MR) is 123 cm³/mol. The lowest BCUT2D eigenvalue weighted by molar-refractivity contribution is 0.0966. The Bertz CT molecular complexity index is 1300. The Morgan fingerprint density at radius 3 is 2.66 bits per heavy atom. The van der Waals surface area contributed by atoms with E-state index in [0.29, 0.717) is 39.6 Å². The molecule has 1 aliphatic rings. The summed E-state index contributed by atoms with van der Waals surface area (Å²) in [5.41, 5.74) is 0.943. The van der Waals surface area contributed by atoms with Gasteiger partial charge >= 0.3 is 0 Å². The van der Waals surface area contributed by atoms with Crippen molar-refractivity contribution in [2.45, 2.75) is 26.3 Å². The number of aromatic nitrogens is 3. The summed E-state index contributed by atoms with van der Waals surface area (Å²) >= 11 is 1.44. The molecule has 1 saturated heterocycles. The maximum Gasteiger partial charge on any atom is 0.294 e. The van der Waals surface area contributed by atoms with Crippen molar-refractivity contribution in [2.24, 2.45) is 0 Å². The summed E-state index contributed by atoms with van der Waals surface area (Å²) in [6, 6.07) is 10.4. The highest BCUT2D eigenvalue weighted by atomic mass is 32.1. The zero-order valence-electron chi connectivity index (χ0n) is 17.6. The second-order valence-electron chi connectivity index (χ2n) is 7.54. The van der Waals surface area contributed by atoms with Crippen molar-refractivity contribution in [3.05, 3.63) is 58.6 Å². The summed E-state index contributed by atoms with van der Waals surface area (Å²) in [6.07, 6.45) is 3.78. The lowest BCUT2D eigenvalue weighted by Crippen LogP contribution is -2.27. The van der Waals surface area contributed by atoms with Crippen LogP contribution in [0.25, 0.3) is 21.7 Å². The zero-order chi connectivity index (χ0) is 22.1. The van der Waals surface area contributed by atoms with E-state index in [1.165, 1.54) is 16.0 Å². The highest BCUT2D eigenvalue weighted by molar-refractivity contribution is 7.22. The van der Waals surface area contributed by atoms with Crippen LogP contribution in [0.15, 0.2) is 51.9 Å². The van der Waals surface area contributed by atoms with Crippen LogP contribution in [0.2, 0.25) is 0 Å². The minimum absolute atomic E-state index is 0.187. The summed E-state index contributed by atoms with van der Waals surface area (Å²) in [5, 5.41) is 5.32. The molecule has 1 aromatic carbocycles. The highest BCUT2D eigenvalue weighted by Gasteiger charge is 2.23. The van der Waals surface area contributed by atoms with Crippen LogP contribution in [0, 0.1) is 0 Å². The molecule has 0 spiro atoms. The second kappa shape index (κ2) is 8.58. The van der Waals surface area contributed by atoms with Gasteiger partial charge in [-0.1, -0.05) is 11.3 Å². The van der Waals surface area contributed by atoms with Crippen LogP contribution in [-0.2, 0) is 6.54 Å². The van der Waals surface area contributed by atoms with E-state index in [0.717, 1.165) is 31.1 Å². The van der Waals surface area contributed by atoms with Crippen molar-refractivity contribution < 1.29 is 13.9 Å². The van der Waals surface area contributed by atoms with Gasteiger partial charge < -0.3 is 14.1 Å². The fourth-order valence-corrected chi connectivity index (χ4v) is 4.90. The minimum atomic E-state index is -0.378. The summed E-state index contributed by atoms with van der Waals surface area (Å²) in [7, 11) is 0. The SMILES string of the molecule is CCOc1ccc(C(=O)Cn2nc(-c3ccco3)c3sc(N4CCCC4)nc3c2=O)cc1. The topological polar surface area (TPSA) is 90.5 Å². The first-order chi connectivity index (χ1) is 15.6. The number of ketones is 1. The van der Waals surface area contributed by atoms with Crippen LogP contribution in [0.1, 0.15) is 30.1 Å². The zero-order valence-corrected chi connectivity index (χ0v) is 18.4. The Balaban J connectivity index is 1.54. The third kappa shape index (κ3) is 3.80. The van der Waals surface area contributed by atoms with Crippen molar-refractivity contribution in [2.75, 3.05) is 24.6 Å². The first kappa shape index (κ1) is 20.4. The average Bonchev–Trinajstić information content (AvgIpc) is 3.57. The van der Waals surface area contributed by atoms with Gasteiger partial charge in [-0.25, -0.2) is 9.67 Å². The molecule has 9 heteroatoms. The number of furan rings is 1. The Hall–Kier alpha value is -3.46. The standard InChI is InChI=1S/C23H22N4O4S/c1-2-30-16-9-7-15(8-10-16)17(28)14-27-22(29)20-21(19(25-27)18-6-5-13-31-18)32-23(24-20)26-11-3-4-12-26/h5-10,13H,2-4,11-12,14H2,1H3. The normalized spacial score (nSPS) is 13.7. The number of fused-ring (bicyclic) bond motifs is 1. The van der Waals surface area contributed by atoms with Gasteiger partial charge in [0.1, 0.15) is 18.0 Å². The molecule has 0 saturated carbocycles. The van der Waals surface area contributed by atoms with E-state index >= 15 is 0 Å².